The third-order valence-corrected chi connectivity index (χ3v) is 6.78. The molecular formula is C11H14O2S. The Morgan fingerprint density at radius 1 is 0.929 bits per heavy atom. The molecule has 0 aromatic rings. The van der Waals surface area contributed by atoms with Gasteiger partial charge >= 0.3 is 0 Å². The van der Waals surface area contributed by atoms with Crippen molar-refractivity contribution in [2.45, 2.75) is 23.7 Å². The molecule has 2 bridgehead atoms. The molecule has 3 saturated heterocycles. The topological polar surface area (TPSA) is 18.5 Å². The molecule has 3 aliphatic heterocycles. The summed E-state index contributed by atoms with van der Waals surface area (Å²) in [7, 11) is 0. The number of rotatable bonds is 0. The Kier molecular flexibility index (Phi) is 1.10. The Labute approximate surface area is 87.7 Å². The van der Waals surface area contributed by atoms with Crippen LogP contribution in [-0.4, -0.2) is 24.1 Å². The molecule has 3 heteroatoms. The summed E-state index contributed by atoms with van der Waals surface area (Å²) in [5.41, 5.74) is 1.69. The van der Waals surface area contributed by atoms with Crippen molar-refractivity contribution in [3.8, 4) is 0 Å². The highest BCUT2D eigenvalue weighted by molar-refractivity contribution is 8.00. The molecule has 6 atom stereocenters. The minimum atomic E-state index is 0.494. The monoisotopic (exact) mass is 210 g/mol. The molecule has 1 spiro atoms. The Balaban J connectivity index is 1.75. The van der Waals surface area contributed by atoms with Crippen LogP contribution in [0.15, 0.2) is 0 Å². The number of ether oxygens (including phenoxy) is 2. The van der Waals surface area contributed by atoms with E-state index in [0.29, 0.717) is 16.3 Å². The van der Waals surface area contributed by atoms with Crippen LogP contribution >= 0.6 is 11.8 Å². The van der Waals surface area contributed by atoms with E-state index in [2.05, 4.69) is 0 Å². The lowest BCUT2D eigenvalue weighted by Gasteiger charge is -2.37. The summed E-state index contributed by atoms with van der Waals surface area (Å²) in [5, 5.41) is 0. The summed E-state index contributed by atoms with van der Waals surface area (Å²) in [4.78, 5) is 0. The van der Waals surface area contributed by atoms with Crippen molar-refractivity contribution in [3.63, 3.8) is 0 Å². The van der Waals surface area contributed by atoms with Gasteiger partial charge in [-0.1, -0.05) is 11.8 Å². The first-order valence-electron chi connectivity index (χ1n) is 5.79. The van der Waals surface area contributed by atoms with Gasteiger partial charge in [-0.2, -0.15) is 0 Å². The van der Waals surface area contributed by atoms with Crippen molar-refractivity contribution in [1.29, 1.82) is 0 Å². The van der Waals surface area contributed by atoms with E-state index in [1.54, 1.807) is 0 Å². The molecule has 5 rings (SSSR count). The van der Waals surface area contributed by atoms with Gasteiger partial charge in [-0.25, -0.2) is 0 Å². The Bertz CT molecular complexity index is 288. The number of thioether (sulfide) groups is 1. The molecule has 0 amide bonds. The maximum atomic E-state index is 5.95. The van der Waals surface area contributed by atoms with Crippen LogP contribution in [0.2, 0.25) is 0 Å². The van der Waals surface area contributed by atoms with Crippen LogP contribution in [0, 0.1) is 29.1 Å². The molecule has 5 fully saturated rings. The van der Waals surface area contributed by atoms with Crippen LogP contribution in [0.1, 0.15) is 12.8 Å². The van der Waals surface area contributed by atoms with Gasteiger partial charge in [0.25, 0.3) is 0 Å². The van der Waals surface area contributed by atoms with Gasteiger partial charge in [0.05, 0.1) is 13.2 Å². The lowest BCUT2D eigenvalue weighted by atomic mass is 9.84. The second kappa shape index (κ2) is 2.04. The summed E-state index contributed by atoms with van der Waals surface area (Å²) < 4.78 is 11.9. The van der Waals surface area contributed by atoms with E-state index < -0.39 is 0 Å². The molecule has 0 radical (unpaired) electrons. The molecule has 0 aromatic carbocycles. The molecule has 0 N–H and O–H groups in total. The maximum absolute atomic E-state index is 5.95. The van der Waals surface area contributed by atoms with E-state index in [-0.39, 0.29) is 0 Å². The van der Waals surface area contributed by atoms with Crippen molar-refractivity contribution in [2.75, 3.05) is 13.2 Å². The average Bonchev–Trinajstić information content (AvgIpc) is 2.61. The van der Waals surface area contributed by atoms with E-state index in [1.165, 1.54) is 12.8 Å². The molecule has 2 saturated carbocycles. The van der Waals surface area contributed by atoms with Crippen LogP contribution in [0.25, 0.3) is 0 Å². The van der Waals surface area contributed by atoms with Gasteiger partial charge < -0.3 is 9.47 Å². The molecule has 5 aliphatic rings. The highest BCUT2D eigenvalue weighted by Gasteiger charge is 2.76. The van der Waals surface area contributed by atoms with Gasteiger partial charge in [0.2, 0.25) is 0 Å². The van der Waals surface area contributed by atoms with Gasteiger partial charge in [0.1, 0.15) is 10.9 Å². The fourth-order valence-electron chi connectivity index (χ4n) is 4.82. The van der Waals surface area contributed by atoms with Crippen LogP contribution in [0.5, 0.6) is 0 Å². The second-order valence-corrected chi connectivity index (χ2v) is 6.85. The first-order valence-corrected chi connectivity index (χ1v) is 6.73. The van der Waals surface area contributed by atoms with Gasteiger partial charge in [0.15, 0.2) is 0 Å². The quantitative estimate of drug-likeness (QED) is 0.606. The number of hydrogen-bond acceptors (Lipinski definition) is 3. The fourth-order valence-corrected chi connectivity index (χ4v) is 6.68. The number of fused-ring (bicyclic) bond motifs is 1. The summed E-state index contributed by atoms with van der Waals surface area (Å²) >= 11 is 1.99. The molecule has 76 valence electrons. The average molecular weight is 210 g/mol. The minimum Gasteiger partial charge on any atom is -0.367 e. The predicted molar refractivity (Wildman–Crippen MR) is 52.7 cm³/mol. The van der Waals surface area contributed by atoms with E-state index in [0.717, 1.165) is 36.9 Å². The van der Waals surface area contributed by atoms with E-state index in [4.69, 9.17) is 9.47 Å². The first-order chi connectivity index (χ1) is 6.90. The molecule has 2 aliphatic carbocycles. The molecule has 0 aromatic heterocycles. The van der Waals surface area contributed by atoms with Crippen molar-refractivity contribution in [3.05, 3.63) is 0 Å². The van der Waals surface area contributed by atoms with Crippen LogP contribution in [0.4, 0.5) is 0 Å². The van der Waals surface area contributed by atoms with Crippen molar-refractivity contribution >= 4 is 11.8 Å². The Morgan fingerprint density at radius 2 is 1.50 bits per heavy atom. The van der Waals surface area contributed by atoms with Crippen molar-refractivity contribution in [1.82, 2.24) is 0 Å². The fraction of sp³-hybridized carbons (Fsp3) is 1.00. The Morgan fingerprint density at radius 3 is 2.00 bits per heavy atom. The predicted octanol–water partition coefficient (Wildman–Crippen LogP) is 1.70. The summed E-state index contributed by atoms with van der Waals surface area (Å²) in [6, 6.07) is 0. The van der Waals surface area contributed by atoms with Gasteiger partial charge in [-0.05, 0) is 30.1 Å². The summed E-state index contributed by atoms with van der Waals surface area (Å²) in [5.74, 6) is 3.52. The standard InChI is InChI=1S/C11H14O2S/c1-2-11(1)7-5-3-12-9(7)14-10-8(11)6(5)4-13-10/h5-10H,1-4H2/t5-,6+,7+,8-,9+,10-. The molecular weight excluding hydrogens is 196 g/mol. The third kappa shape index (κ3) is 0.593. The summed E-state index contributed by atoms with van der Waals surface area (Å²) in [6.45, 7) is 2.06. The molecule has 2 nitrogen and oxygen atoms in total. The van der Waals surface area contributed by atoms with Gasteiger partial charge in [-0.15, -0.1) is 0 Å². The Hall–Kier alpha value is 0.270. The zero-order valence-corrected chi connectivity index (χ0v) is 8.83. The van der Waals surface area contributed by atoms with E-state index in [1.807, 2.05) is 11.8 Å². The van der Waals surface area contributed by atoms with Crippen molar-refractivity contribution in [2.24, 2.45) is 29.1 Å². The van der Waals surface area contributed by atoms with Crippen LogP contribution < -0.4 is 0 Å². The first kappa shape index (κ1) is 7.53. The third-order valence-electron chi connectivity index (χ3n) is 5.39. The van der Waals surface area contributed by atoms with Crippen LogP contribution in [-0.2, 0) is 9.47 Å². The molecule has 0 unspecified atom stereocenters. The van der Waals surface area contributed by atoms with Crippen molar-refractivity contribution < 1.29 is 9.47 Å². The van der Waals surface area contributed by atoms with Gasteiger partial charge in [-0.3, -0.25) is 0 Å². The smallest absolute Gasteiger partial charge is 0.109 e. The summed E-state index contributed by atoms with van der Waals surface area (Å²) in [6.07, 6.45) is 2.94. The minimum absolute atomic E-state index is 0.494. The lowest BCUT2D eigenvalue weighted by Crippen LogP contribution is -2.36. The largest absolute Gasteiger partial charge is 0.367 e. The molecule has 3 heterocycles. The van der Waals surface area contributed by atoms with Gasteiger partial charge in [0, 0.05) is 11.8 Å². The van der Waals surface area contributed by atoms with E-state index in [9.17, 15) is 0 Å². The normalized spacial score (nSPS) is 65.1. The van der Waals surface area contributed by atoms with E-state index >= 15 is 0 Å². The zero-order valence-electron chi connectivity index (χ0n) is 8.02. The number of hydrogen-bond donors (Lipinski definition) is 0. The SMILES string of the molecule is C1O[C@H]2S[C@H]3OC[C@H]4[C@@H]1[C@@H]2C1(CC1)[C@H]43. The van der Waals surface area contributed by atoms with Crippen LogP contribution in [0.3, 0.4) is 0 Å². The highest BCUT2D eigenvalue weighted by atomic mass is 32.2. The highest BCUT2D eigenvalue weighted by Crippen LogP contribution is 2.78. The second-order valence-electron chi connectivity index (χ2n) is 5.65. The lowest BCUT2D eigenvalue weighted by molar-refractivity contribution is 0.0722. The zero-order chi connectivity index (χ0) is 8.91. The maximum Gasteiger partial charge on any atom is 0.109 e. The molecule has 14 heavy (non-hydrogen) atoms.